The van der Waals surface area contributed by atoms with E-state index in [0.29, 0.717) is 16.9 Å². The van der Waals surface area contributed by atoms with E-state index < -0.39 is 17.2 Å². The molecule has 1 atom stereocenters. The second kappa shape index (κ2) is 4.68. The van der Waals surface area contributed by atoms with Crippen molar-refractivity contribution >= 4 is 17.3 Å². The van der Waals surface area contributed by atoms with Crippen molar-refractivity contribution < 1.29 is 24.5 Å². The highest BCUT2D eigenvalue weighted by molar-refractivity contribution is 6.25. The number of ketones is 2. The van der Waals surface area contributed by atoms with E-state index in [4.69, 9.17) is 4.74 Å². The van der Waals surface area contributed by atoms with Gasteiger partial charge in [0.05, 0.1) is 11.1 Å². The fraction of sp³-hybridized carbons (Fsp3) is 0.176. The molecule has 0 saturated carbocycles. The molecular formula is C17H14O5. The zero-order chi connectivity index (χ0) is 16.1. The van der Waals surface area contributed by atoms with Crippen LogP contribution in [-0.2, 0) is 14.3 Å². The first-order chi connectivity index (χ1) is 10.3. The molecule has 1 aromatic carbocycles. The van der Waals surface area contributed by atoms with Crippen LogP contribution >= 0.6 is 0 Å². The molecule has 0 spiro atoms. The molecule has 0 unspecified atom stereocenters. The zero-order valence-electron chi connectivity index (χ0n) is 12.1. The van der Waals surface area contributed by atoms with Crippen molar-refractivity contribution in [1.29, 1.82) is 0 Å². The standard InChI is InChI=1S/C17H14O5/c1-9-4-3-5-12(18)15(9)13-6-10-7-14(19)17(2,21)16(20)11(10)8-22-13/h3-8,18,21H,1-2H3/t17-/m0/s1. The number of aryl methyl sites for hydroxylation is 1. The van der Waals surface area contributed by atoms with Crippen LogP contribution < -0.4 is 0 Å². The van der Waals surface area contributed by atoms with Crippen LogP contribution in [0, 0.1) is 6.92 Å². The number of hydrogen-bond acceptors (Lipinski definition) is 5. The molecule has 3 rings (SSSR count). The van der Waals surface area contributed by atoms with Crippen LogP contribution in [0.2, 0.25) is 0 Å². The number of rotatable bonds is 1. The largest absolute Gasteiger partial charge is 0.507 e. The van der Waals surface area contributed by atoms with Gasteiger partial charge in [-0.1, -0.05) is 12.1 Å². The summed E-state index contributed by atoms with van der Waals surface area (Å²) in [5.74, 6) is -0.979. The molecule has 2 N–H and O–H groups in total. The van der Waals surface area contributed by atoms with Crippen LogP contribution in [0.1, 0.15) is 18.1 Å². The van der Waals surface area contributed by atoms with Gasteiger partial charge in [0, 0.05) is 0 Å². The number of allylic oxidation sites excluding steroid dienone is 2. The maximum absolute atomic E-state index is 12.1. The lowest BCUT2D eigenvalue weighted by Gasteiger charge is -2.28. The van der Waals surface area contributed by atoms with E-state index in [2.05, 4.69) is 0 Å². The minimum Gasteiger partial charge on any atom is -0.507 e. The zero-order valence-corrected chi connectivity index (χ0v) is 12.1. The van der Waals surface area contributed by atoms with E-state index in [0.717, 1.165) is 12.5 Å². The first-order valence-corrected chi connectivity index (χ1v) is 6.73. The molecule has 0 radical (unpaired) electrons. The number of Topliss-reactive ketones (excluding diaryl/α,β-unsaturated/α-hetero) is 1. The third-order valence-corrected chi connectivity index (χ3v) is 3.85. The summed E-state index contributed by atoms with van der Waals surface area (Å²) in [6.07, 6.45) is 3.93. The number of hydrogen-bond donors (Lipinski definition) is 2. The molecular weight excluding hydrogens is 284 g/mol. The summed E-state index contributed by atoms with van der Waals surface area (Å²) in [5.41, 5.74) is -0.263. The van der Waals surface area contributed by atoms with Crippen molar-refractivity contribution in [3.63, 3.8) is 0 Å². The van der Waals surface area contributed by atoms with Gasteiger partial charge < -0.3 is 14.9 Å². The van der Waals surface area contributed by atoms with Gasteiger partial charge in [0.15, 0.2) is 11.4 Å². The molecule has 0 bridgehead atoms. The highest BCUT2D eigenvalue weighted by atomic mass is 16.5. The maximum Gasteiger partial charge on any atom is 0.205 e. The smallest absolute Gasteiger partial charge is 0.205 e. The van der Waals surface area contributed by atoms with E-state index in [1.54, 1.807) is 6.07 Å². The minimum atomic E-state index is -2.06. The number of ether oxygens (including phenoxy) is 1. The van der Waals surface area contributed by atoms with Crippen molar-refractivity contribution in [1.82, 2.24) is 0 Å². The Hall–Kier alpha value is -2.66. The van der Waals surface area contributed by atoms with E-state index in [-0.39, 0.29) is 11.3 Å². The summed E-state index contributed by atoms with van der Waals surface area (Å²) in [5, 5.41) is 19.9. The molecule has 1 heterocycles. The number of fused-ring (bicyclic) bond motifs is 1. The summed E-state index contributed by atoms with van der Waals surface area (Å²) in [7, 11) is 0. The van der Waals surface area contributed by atoms with Crippen LogP contribution in [-0.4, -0.2) is 27.4 Å². The number of phenolic OH excluding ortho intramolecular Hbond substituents is 1. The molecule has 5 heteroatoms. The van der Waals surface area contributed by atoms with Crippen LogP contribution in [0.3, 0.4) is 0 Å². The van der Waals surface area contributed by atoms with Gasteiger partial charge >= 0.3 is 0 Å². The van der Waals surface area contributed by atoms with E-state index in [1.165, 1.54) is 24.5 Å². The highest BCUT2D eigenvalue weighted by Gasteiger charge is 2.44. The molecule has 0 saturated heterocycles. The Kier molecular flexibility index (Phi) is 3.04. The van der Waals surface area contributed by atoms with Crippen LogP contribution in [0.15, 0.2) is 47.8 Å². The Balaban J connectivity index is 2.11. The van der Waals surface area contributed by atoms with Gasteiger partial charge in [0.25, 0.3) is 0 Å². The average Bonchev–Trinajstić information content (AvgIpc) is 2.45. The van der Waals surface area contributed by atoms with Gasteiger partial charge in [-0.3, -0.25) is 9.59 Å². The van der Waals surface area contributed by atoms with Crippen LogP contribution in [0.5, 0.6) is 5.75 Å². The topological polar surface area (TPSA) is 83.8 Å². The Morgan fingerprint density at radius 1 is 1.18 bits per heavy atom. The van der Waals surface area contributed by atoms with E-state index in [1.807, 2.05) is 13.0 Å². The van der Waals surface area contributed by atoms with Crippen molar-refractivity contribution in [2.24, 2.45) is 0 Å². The van der Waals surface area contributed by atoms with Gasteiger partial charge in [0.2, 0.25) is 5.78 Å². The summed E-state index contributed by atoms with van der Waals surface area (Å²) in [4.78, 5) is 24.0. The lowest BCUT2D eigenvalue weighted by molar-refractivity contribution is -0.144. The van der Waals surface area contributed by atoms with Crippen LogP contribution in [0.25, 0.3) is 5.76 Å². The molecule has 112 valence electrons. The molecule has 2 aliphatic rings. The normalized spacial score (nSPS) is 24.0. The predicted octanol–water partition coefficient (Wildman–Crippen LogP) is 1.78. The third-order valence-electron chi connectivity index (χ3n) is 3.85. The predicted molar refractivity (Wildman–Crippen MR) is 78.7 cm³/mol. The summed E-state index contributed by atoms with van der Waals surface area (Å²) >= 11 is 0. The fourth-order valence-corrected chi connectivity index (χ4v) is 2.51. The van der Waals surface area contributed by atoms with Gasteiger partial charge in [-0.25, -0.2) is 0 Å². The fourth-order valence-electron chi connectivity index (χ4n) is 2.51. The maximum atomic E-state index is 12.1. The Morgan fingerprint density at radius 2 is 1.91 bits per heavy atom. The van der Waals surface area contributed by atoms with Gasteiger partial charge in [-0.2, -0.15) is 0 Å². The van der Waals surface area contributed by atoms with Gasteiger partial charge in [-0.05, 0) is 43.2 Å². The average molecular weight is 298 g/mol. The van der Waals surface area contributed by atoms with Gasteiger partial charge in [-0.15, -0.1) is 0 Å². The van der Waals surface area contributed by atoms with Crippen molar-refractivity contribution in [2.75, 3.05) is 0 Å². The first kappa shape index (κ1) is 14.3. The number of carbonyl (C=O) groups is 2. The summed E-state index contributed by atoms with van der Waals surface area (Å²) in [6.45, 7) is 2.98. The Morgan fingerprint density at radius 3 is 2.59 bits per heavy atom. The van der Waals surface area contributed by atoms with Gasteiger partial charge in [0.1, 0.15) is 17.8 Å². The Bertz CT molecular complexity index is 773. The molecule has 1 aliphatic carbocycles. The number of aliphatic hydroxyl groups is 1. The number of carbonyl (C=O) groups excluding carboxylic acids is 2. The molecule has 1 aliphatic heterocycles. The Labute approximate surface area is 126 Å². The summed E-state index contributed by atoms with van der Waals surface area (Å²) in [6, 6.07) is 5.06. The summed E-state index contributed by atoms with van der Waals surface area (Å²) < 4.78 is 5.45. The lowest BCUT2D eigenvalue weighted by Crippen LogP contribution is -2.46. The monoisotopic (exact) mass is 298 g/mol. The van der Waals surface area contributed by atoms with Crippen LogP contribution in [0.4, 0.5) is 0 Å². The van der Waals surface area contributed by atoms with E-state index in [9.17, 15) is 19.8 Å². The SMILES string of the molecule is Cc1cccc(O)c1C1=CC2=CC(=O)[C@](C)(O)C(=O)C2=CO1. The molecule has 5 nitrogen and oxygen atoms in total. The highest BCUT2D eigenvalue weighted by Crippen LogP contribution is 2.37. The minimum absolute atomic E-state index is 0.0455. The molecule has 22 heavy (non-hydrogen) atoms. The number of aromatic hydroxyl groups is 1. The number of phenols is 1. The lowest BCUT2D eigenvalue weighted by atomic mass is 9.80. The quantitative estimate of drug-likeness (QED) is 0.772. The van der Waals surface area contributed by atoms with E-state index >= 15 is 0 Å². The molecule has 1 aromatic rings. The first-order valence-electron chi connectivity index (χ1n) is 6.73. The molecule has 0 fully saturated rings. The molecule has 0 amide bonds. The van der Waals surface area contributed by atoms with Crippen molar-refractivity contribution in [3.8, 4) is 5.75 Å². The second-order valence-electron chi connectivity index (χ2n) is 5.49. The van der Waals surface area contributed by atoms with Crippen molar-refractivity contribution in [3.05, 3.63) is 58.9 Å². The molecule has 0 aromatic heterocycles. The number of benzene rings is 1. The third kappa shape index (κ3) is 1.98. The second-order valence-corrected chi connectivity index (χ2v) is 5.49. The van der Waals surface area contributed by atoms with Crippen molar-refractivity contribution in [2.45, 2.75) is 19.4 Å².